The highest BCUT2D eigenvalue weighted by molar-refractivity contribution is 7.86. The third kappa shape index (κ3) is 4.51. The number of hydrogen-bond acceptors (Lipinski definition) is 9. The lowest BCUT2D eigenvalue weighted by Crippen LogP contribution is -2.07. The first-order valence-corrected chi connectivity index (χ1v) is 10.9. The summed E-state index contributed by atoms with van der Waals surface area (Å²) in [6, 6.07) is 12.0. The molecule has 0 saturated carbocycles. The van der Waals surface area contributed by atoms with Crippen molar-refractivity contribution in [2.75, 3.05) is 25.8 Å². The first-order chi connectivity index (χ1) is 14.9. The largest absolute Gasteiger partial charge is 0.497 e. The summed E-state index contributed by atoms with van der Waals surface area (Å²) < 4.78 is 40.5. The molecule has 0 aliphatic heterocycles. The highest BCUT2D eigenvalue weighted by atomic mass is 32.2. The van der Waals surface area contributed by atoms with Crippen molar-refractivity contribution in [2.24, 2.45) is 0 Å². The second-order valence-electron chi connectivity index (χ2n) is 6.49. The Hall–Kier alpha value is -3.86. The number of fused-ring (bicyclic) bond motifs is 1. The quantitative estimate of drug-likeness (QED) is 0.432. The van der Waals surface area contributed by atoms with Crippen LogP contribution in [0.1, 0.15) is 0 Å². The third-order valence-electron chi connectivity index (χ3n) is 4.25. The average Bonchev–Trinajstić information content (AvgIpc) is 3.15. The molecule has 0 aliphatic carbocycles. The molecule has 1 N–H and O–H groups in total. The van der Waals surface area contributed by atoms with Crippen molar-refractivity contribution >= 4 is 27.4 Å². The van der Waals surface area contributed by atoms with Gasteiger partial charge in [0.15, 0.2) is 11.4 Å². The lowest BCUT2D eigenvalue weighted by molar-refractivity contribution is 0.395. The van der Waals surface area contributed by atoms with Crippen LogP contribution in [0.4, 0.5) is 11.6 Å². The second-order valence-corrected chi connectivity index (χ2v) is 8.06. The molecular formula is C20H19N5O5S. The number of aromatic nitrogens is 4. The Morgan fingerprint density at radius 3 is 2.42 bits per heavy atom. The fraction of sp³-hybridized carbons (Fsp3) is 0.150. The molecule has 0 radical (unpaired) electrons. The normalized spacial score (nSPS) is 11.3. The summed E-state index contributed by atoms with van der Waals surface area (Å²) in [5.74, 6) is 1.69. The van der Waals surface area contributed by atoms with E-state index in [9.17, 15) is 8.42 Å². The minimum atomic E-state index is -3.72. The van der Waals surface area contributed by atoms with E-state index in [0.717, 1.165) is 6.26 Å². The maximum absolute atomic E-state index is 11.7. The van der Waals surface area contributed by atoms with Gasteiger partial charge in [0.25, 0.3) is 0 Å². The standard InChI is InChI=1S/C20H19N5O5S/c1-28-14-10-13(11-15(12-14)29-2)22-20-23-19-18(21-8-9-25(19)24-20)16-6-4-5-7-17(16)30-31(3,26)27/h4-12H,1-3H3,(H,22,24). The van der Waals surface area contributed by atoms with Gasteiger partial charge in [-0.25, -0.2) is 4.52 Å². The molecule has 0 amide bonds. The number of anilines is 2. The number of rotatable bonds is 7. The Morgan fingerprint density at radius 2 is 1.74 bits per heavy atom. The van der Waals surface area contributed by atoms with Gasteiger partial charge in [0.2, 0.25) is 5.95 Å². The number of methoxy groups -OCH3 is 2. The number of para-hydroxylation sites is 1. The van der Waals surface area contributed by atoms with Gasteiger partial charge in [0.05, 0.1) is 20.5 Å². The maximum atomic E-state index is 11.7. The van der Waals surface area contributed by atoms with E-state index in [-0.39, 0.29) is 5.75 Å². The molecule has 2 aromatic carbocycles. The van der Waals surface area contributed by atoms with Gasteiger partial charge in [-0.1, -0.05) is 12.1 Å². The van der Waals surface area contributed by atoms with E-state index < -0.39 is 10.1 Å². The van der Waals surface area contributed by atoms with E-state index in [2.05, 4.69) is 20.4 Å². The second kappa shape index (κ2) is 8.11. The lowest BCUT2D eigenvalue weighted by atomic mass is 10.1. The molecule has 160 valence electrons. The Morgan fingerprint density at radius 1 is 1.03 bits per heavy atom. The van der Waals surface area contributed by atoms with E-state index in [1.165, 1.54) is 0 Å². The van der Waals surface area contributed by atoms with Gasteiger partial charge in [-0.3, -0.25) is 4.98 Å². The predicted octanol–water partition coefficient (Wildman–Crippen LogP) is 2.89. The zero-order valence-electron chi connectivity index (χ0n) is 16.9. The van der Waals surface area contributed by atoms with Crippen molar-refractivity contribution < 1.29 is 22.1 Å². The molecule has 10 nitrogen and oxygen atoms in total. The summed E-state index contributed by atoms with van der Waals surface area (Å²) in [6.45, 7) is 0. The minimum Gasteiger partial charge on any atom is -0.497 e. The van der Waals surface area contributed by atoms with Crippen LogP contribution >= 0.6 is 0 Å². The smallest absolute Gasteiger partial charge is 0.306 e. The van der Waals surface area contributed by atoms with Crippen LogP contribution in [0.25, 0.3) is 16.9 Å². The summed E-state index contributed by atoms with van der Waals surface area (Å²) in [7, 11) is -0.586. The van der Waals surface area contributed by atoms with Crippen molar-refractivity contribution in [1.29, 1.82) is 0 Å². The molecule has 2 aromatic heterocycles. The molecule has 0 saturated heterocycles. The molecule has 31 heavy (non-hydrogen) atoms. The lowest BCUT2D eigenvalue weighted by Gasteiger charge is -2.09. The van der Waals surface area contributed by atoms with Gasteiger partial charge in [-0.15, -0.1) is 5.10 Å². The number of ether oxygens (including phenoxy) is 2. The van der Waals surface area contributed by atoms with Crippen molar-refractivity contribution in [1.82, 2.24) is 19.6 Å². The van der Waals surface area contributed by atoms with Crippen LogP contribution < -0.4 is 19.0 Å². The topological polar surface area (TPSA) is 117 Å². The maximum Gasteiger partial charge on any atom is 0.306 e. The van der Waals surface area contributed by atoms with E-state index in [4.69, 9.17) is 13.7 Å². The predicted molar refractivity (Wildman–Crippen MR) is 115 cm³/mol. The number of benzene rings is 2. The fourth-order valence-corrected chi connectivity index (χ4v) is 3.44. The van der Waals surface area contributed by atoms with E-state index in [0.29, 0.717) is 40.0 Å². The van der Waals surface area contributed by atoms with Crippen molar-refractivity contribution in [3.8, 4) is 28.5 Å². The minimum absolute atomic E-state index is 0.153. The average molecular weight is 441 g/mol. The first kappa shape index (κ1) is 20.4. The SMILES string of the molecule is COc1cc(Nc2nc3c(-c4ccccc4OS(C)(=O)=O)nccn3n2)cc(OC)c1. The monoisotopic (exact) mass is 441 g/mol. The van der Waals surface area contributed by atoms with E-state index in [1.807, 2.05) is 0 Å². The molecule has 0 spiro atoms. The summed E-state index contributed by atoms with van der Waals surface area (Å²) in [4.78, 5) is 8.90. The van der Waals surface area contributed by atoms with E-state index >= 15 is 0 Å². The summed E-state index contributed by atoms with van der Waals surface area (Å²) in [5, 5.41) is 7.54. The van der Waals surface area contributed by atoms with Gasteiger partial charge in [-0.2, -0.15) is 13.4 Å². The Kier molecular flexibility index (Phi) is 5.34. The van der Waals surface area contributed by atoms with Crippen LogP contribution in [-0.4, -0.2) is 48.5 Å². The molecule has 0 atom stereocenters. The van der Waals surface area contributed by atoms with Crippen molar-refractivity contribution in [2.45, 2.75) is 0 Å². The van der Waals surface area contributed by atoms with Crippen LogP contribution in [0.2, 0.25) is 0 Å². The molecule has 11 heteroatoms. The van der Waals surface area contributed by atoms with Crippen LogP contribution in [0, 0.1) is 0 Å². The van der Waals surface area contributed by atoms with Crippen LogP contribution in [0.5, 0.6) is 17.2 Å². The molecule has 0 aliphatic rings. The Bertz CT molecular complexity index is 1330. The summed E-state index contributed by atoms with van der Waals surface area (Å²) in [5.41, 5.74) is 1.98. The van der Waals surface area contributed by atoms with Crippen LogP contribution in [0.3, 0.4) is 0 Å². The molecule has 0 bridgehead atoms. The van der Waals surface area contributed by atoms with Crippen molar-refractivity contribution in [3.05, 3.63) is 54.9 Å². The summed E-state index contributed by atoms with van der Waals surface area (Å²) >= 11 is 0. The highest BCUT2D eigenvalue weighted by Gasteiger charge is 2.17. The zero-order chi connectivity index (χ0) is 22.0. The zero-order valence-corrected chi connectivity index (χ0v) is 17.8. The van der Waals surface area contributed by atoms with Gasteiger partial charge in [-0.05, 0) is 12.1 Å². The molecule has 4 rings (SSSR count). The van der Waals surface area contributed by atoms with E-state index in [1.54, 1.807) is 73.6 Å². The van der Waals surface area contributed by atoms with Crippen LogP contribution in [-0.2, 0) is 10.1 Å². The Labute approximate surface area is 178 Å². The van der Waals surface area contributed by atoms with Gasteiger partial charge >= 0.3 is 10.1 Å². The van der Waals surface area contributed by atoms with Gasteiger partial charge < -0.3 is 19.0 Å². The Balaban J connectivity index is 1.76. The molecule has 0 unspecified atom stereocenters. The van der Waals surface area contributed by atoms with Gasteiger partial charge in [0, 0.05) is 41.8 Å². The molecule has 0 fully saturated rings. The number of hydrogen-bond donors (Lipinski definition) is 1. The molecule has 2 heterocycles. The number of nitrogens with zero attached hydrogens (tertiary/aromatic N) is 4. The fourth-order valence-electron chi connectivity index (χ4n) is 2.97. The summed E-state index contributed by atoms with van der Waals surface area (Å²) in [6.07, 6.45) is 4.18. The highest BCUT2D eigenvalue weighted by Crippen LogP contribution is 2.32. The molecular weight excluding hydrogens is 422 g/mol. The first-order valence-electron chi connectivity index (χ1n) is 9.06. The van der Waals surface area contributed by atoms with Crippen LogP contribution in [0.15, 0.2) is 54.9 Å². The van der Waals surface area contributed by atoms with Crippen molar-refractivity contribution in [3.63, 3.8) is 0 Å². The number of nitrogens with one attached hydrogen (secondary N) is 1. The van der Waals surface area contributed by atoms with Gasteiger partial charge in [0.1, 0.15) is 17.2 Å². The third-order valence-corrected chi connectivity index (χ3v) is 4.73. The molecule has 4 aromatic rings.